The fourth-order valence-electron chi connectivity index (χ4n) is 3.70. The summed E-state index contributed by atoms with van der Waals surface area (Å²) in [4.78, 5) is 22.3. The summed E-state index contributed by atoms with van der Waals surface area (Å²) in [5.74, 6) is 6.71. The molecule has 0 amide bonds. The van der Waals surface area contributed by atoms with E-state index in [1.54, 1.807) is 11.3 Å². The standard InChI is InChI=1S/C21H26N4OS/c1-5-24-11-10-15-16(12-24)27-19-17(15)20(26)25(22)18(23-19)13-6-8-14(9-7-13)21(2,3)4/h6-9H,5,10-12,22H2,1-4H3. The Bertz CT molecular complexity index is 1060. The maximum atomic E-state index is 13.0. The minimum atomic E-state index is -0.141. The highest BCUT2D eigenvalue weighted by molar-refractivity contribution is 7.18. The number of rotatable bonds is 2. The number of fused-ring (bicyclic) bond motifs is 3. The molecule has 6 heteroatoms. The molecule has 3 heterocycles. The second-order valence-electron chi connectivity index (χ2n) is 8.24. The summed E-state index contributed by atoms with van der Waals surface area (Å²) in [5.41, 5.74) is 3.19. The van der Waals surface area contributed by atoms with Gasteiger partial charge in [0.15, 0.2) is 5.82 Å². The van der Waals surface area contributed by atoms with Crippen LogP contribution >= 0.6 is 11.3 Å². The maximum Gasteiger partial charge on any atom is 0.281 e. The van der Waals surface area contributed by atoms with Crippen molar-refractivity contribution in [2.75, 3.05) is 18.9 Å². The first kappa shape index (κ1) is 18.2. The monoisotopic (exact) mass is 382 g/mol. The lowest BCUT2D eigenvalue weighted by atomic mass is 9.87. The average molecular weight is 383 g/mol. The molecule has 0 radical (unpaired) electrons. The highest BCUT2D eigenvalue weighted by atomic mass is 32.1. The molecule has 2 N–H and O–H groups in total. The van der Waals surface area contributed by atoms with Crippen molar-refractivity contribution in [3.8, 4) is 11.4 Å². The largest absolute Gasteiger partial charge is 0.334 e. The van der Waals surface area contributed by atoms with Crippen LogP contribution in [0.15, 0.2) is 29.1 Å². The van der Waals surface area contributed by atoms with Crippen molar-refractivity contribution in [1.29, 1.82) is 0 Å². The normalized spacial score (nSPS) is 15.3. The number of thiophene rings is 1. The molecule has 1 aliphatic heterocycles. The SMILES string of the molecule is CCN1CCc2c(sc3nc(-c4ccc(C(C)(C)C)cc4)n(N)c(=O)c23)C1. The van der Waals surface area contributed by atoms with E-state index in [4.69, 9.17) is 10.8 Å². The van der Waals surface area contributed by atoms with Gasteiger partial charge in [-0.3, -0.25) is 9.69 Å². The molecule has 3 aromatic rings. The molecule has 1 aromatic carbocycles. The van der Waals surface area contributed by atoms with Crippen LogP contribution in [0.3, 0.4) is 0 Å². The van der Waals surface area contributed by atoms with Gasteiger partial charge >= 0.3 is 0 Å². The van der Waals surface area contributed by atoms with Gasteiger partial charge in [0.2, 0.25) is 0 Å². The molecule has 0 saturated heterocycles. The summed E-state index contributed by atoms with van der Waals surface area (Å²) < 4.78 is 1.22. The van der Waals surface area contributed by atoms with Crippen molar-refractivity contribution in [3.63, 3.8) is 0 Å². The molecule has 0 saturated carbocycles. The van der Waals surface area contributed by atoms with E-state index < -0.39 is 0 Å². The fraction of sp³-hybridized carbons (Fsp3) is 0.429. The molecule has 4 rings (SSSR count). The van der Waals surface area contributed by atoms with E-state index >= 15 is 0 Å². The molecule has 0 unspecified atom stereocenters. The summed E-state index contributed by atoms with van der Waals surface area (Å²) >= 11 is 1.64. The highest BCUT2D eigenvalue weighted by Crippen LogP contribution is 2.33. The van der Waals surface area contributed by atoms with Crippen LogP contribution in [-0.2, 0) is 18.4 Å². The Labute approximate surface area is 163 Å². The van der Waals surface area contributed by atoms with Crippen LogP contribution in [0.1, 0.15) is 43.7 Å². The maximum absolute atomic E-state index is 13.0. The van der Waals surface area contributed by atoms with E-state index in [1.807, 2.05) is 12.1 Å². The molecular weight excluding hydrogens is 356 g/mol. The molecule has 27 heavy (non-hydrogen) atoms. The summed E-state index contributed by atoms with van der Waals surface area (Å²) in [6, 6.07) is 8.18. The second-order valence-corrected chi connectivity index (χ2v) is 9.32. The third kappa shape index (κ3) is 3.07. The molecule has 1 aliphatic rings. The van der Waals surface area contributed by atoms with E-state index in [0.717, 1.165) is 42.0 Å². The summed E-state index contributed by atoms with van der Waals surface area (Å²) in [5, 5.41) is 0.711. The zero-order valence-corrected chi connectivity index (χ0v) is 17.2. The second kappa shape index (κ2) is 6.46. The van der Waals surface area contributed by atoms with Gasteiger partial charge in [0.25, 0.3) is 5.56 Å². The minimum absolute atomic E-state index is 0.0796. The van der Waals surface area contributed by atoms with Crippen molar-refractivity contribution >= 4 is 21.6 Å². The van der Waals surface area contributed by atoms with Crippen LogP contribution < -0.4 is 11.4 Å². The lowest BCUT2D eigenvalue weighted by molar-refractivity contribution is 0.272. The van der Waals surface area contributed by atoms with Gasteiger partial charge in [-0.1, -0.05) is 52.0 Å². The summed E-state index contributed by atoms with van der Waals surface area (Å²) in [6.07, 6.45) is 0.889. The predicted molar refractivity (Wildman–Crippen MR) is 113 cm³/mol. The zero-order chi connectivity index (χ0) is 19.3. The van der Waals surface area contributed by atoms with E-state index in [0.29, 0.717) is 11.2 Å². The molecule has 0 aliphatic carbocycles. The third-order valence-corrected chi connectivity index (χ3v) is 6.55. The van der Waals surface area contributed by atoms with Crippen molar-refractivity contribution < 1.29 is 0 Å². The van der Waals surface area contributed by atoms with Crippen LogP contribution in [0.2, 0.25) is 0 Å². The average Bonchev–Trinajstić information content (AvgIpc) is 3.01. The topological polar surface area (TPSA) is 64.2 Å². The predicted octanol–water partition coefficient (Wildman–Crippen LogP) is 3.51. The lowest BCUT2D eigenvalue weighted by Gasteiger charge is -2.24. The van der Waals surface area contributed by atoms with Crippen LogP contribution in [0.4, 0.5) is 0 Å². The van der Waals surface area contributed by atoms with E-state index in [1.165, 1.54) is 15.1 Å². The van der Waals surface area contributed by atoms with Crippen LogP contribution in [-0.4, -0.2) is 27.6 Å². The molecular formula is C21H26N4OS. The van der Waals surface area contributed by atoms with Crippen LogP contribution in [0, 0.1) is 0 Å². The van der Waals surface area contributed by atoms with Crippen molar-refractivity contribution in [2.24, 2.45) is 0 Å². The highest BCUT2D eigenvalue weighted by Gasteiger charge is 2.24. The first-order valence-electron chi connectivity index (χ1n) is 9.45. The molecule has 0 fully saturated rings. The van der Waals surface area contributed by atoms with Gasteiger partial charge in [-0.15, -0.1) is 11.3 Å². The Morgan fingerprint density at radius 2 is 1.93 bits per heavy atom. The molecule has 2 aromatic heterocycles. The zero-order valence-electron chi connectivity index (χ0n) is 16.4. The first-order valence-corrected chi connectivity index (χ1v) is 10.3. The number of hydrogen-bond acceptors (Lipinski definition) is 5. The van der Waals surface area contributed by atoms with Gasteiger partial charge in [-0.2, -0.15) is 0 Å². The van der Waals surface area contributed by atoms with E-state index in [9.17, 15) is 4.79 Å². The number of nitrogen functional groups attached to an aromatic ring is 1. The number of nitrogens with two attached hydrogens (primary N) is 1. The number of benzene rings is 1. The van der Waals surface area contributed by atoms with Crippen molar-refractivity contribution in [2.45, 2.75) is 46.1 Å². The summed E-state index contributed by atoms with van der Waals surface area (Å²) in [7, 11) is 0. The van der Waals surface area contributed by atoms with Crippen LogP contribution in [0.5, 0.6) is 0 Å². The third-order valence-electron chi connectivity index (χ3n) is 5.44. The first-order chi connectivity index (χ1) is 12.8. The molecule has 0 spiro atoms. The van der Waals surface area contributed by atoms with Gasteiger partial charge in [-0.05, 0) is 29.5 Å². The van der Waals surface area contributed by atoms with Gasteiger partial charge in [0, 0.05) is 23.5 Å². The smallest absolute Gasteiger partial charge is 0.281 e. The molecule has 142 valence electrons. The number of aromatic nitrogens is 2. The Hall–Kier alpha value is -2.18. The quantitative estimate of drug-likeness (QED) is 0.689. The number of likely N-dealkylation sites (N-methyl/N-ethyl adjacent to an activating group) is 1. The van der Waals surface area contributed by atoms with Gasteiger partial charge < -0.3 is 5.84 Å². The van der Waals surface area contributed by atoms with Gasteiger partial charge in [0.1, 0.15) is 4.83 Å². The van der Waals surface area contributed by atoms with Gasteiger partial charge in [0.05, 0.1) is 5.39 Å². The fourth-order valence-corrected chi connectivity index (χ4v) is 4.95. The Kier molecular flexibility index (Phi) is 4.35. The minimum Gasteiger partial charge on any atom is -0.334 e. The van der Waals surface area contributed by atoms with Crippen LogP contribution in [0.25, 0.3) is 21.6 Å². The Morgan fingerprint density at radius 3 is 2.56 bits per heavy atom. The Balaban J connectivity index is 1.84. The van der Waals surface area contributed by atoms with Crippen molar-refractivity contribution in [1.82, 2.24) is 14.6 Å². The van der Waals surface area contributed by atoms with E-state index in [2.05, 4.69) is 44.7 Å². The van der Waals surface area contributed by atoms with Crippen molar-refractivity contribution in [3.05, 3.63) is 50.6 Å². The molecule has 0 bridgehead atoms. The van der Waals surface area contributed by atoms with E-state index in [-0.39, 0.29) is 11.0 Å². The molecule has 5 nitrogen and oxygen atoms in total. The Morgan fingerprint density at radius 1 is 1.22 bits per heavy atom. The lowest BCUT2D eigenvalue weighted by Crippen LogP contribution is -2.32. The number of nitrogens with zero attached hydrogens (tertiary/aromatic N) is 3. The van der Waals surface area contributed by atoms with Gasteiger partial charge in [-0.25, -0.2) is 9.66 Å². The number of hydrogen-bond donors (Lipinski definition) is 1. The summed E-state index contributed by atoms with van der Waals surface area (Å²) in [6.45, 7) is 11.6. The molecule has 0 atom stereocenters.